The maximum absolute atomic E-state index is 9.04. The molecular weight excluding hydrogens is 308 g/mol. The number of nitrogens with zero attached hydrogens (tertiary/aromatic N) is 2. The van der Waals surface area contributed by atoms with Crippen LogP contribution < -0.4 is 16.2 Å². The first kappa shape index (κ1) is 11.8. The third kappa shape index (κ3) is 1.79. The Balaban J connectivity index is 2.18. The molecule has 19 heavy (non-hydrogen) atoms. The summed E-state index contributed by atoms with van der Waals surface area (Å²) < 4.78 is 6.65. The van der Waals surface area contributed by atoms with E-state index in [1.165, 1.54) is 0 Å². The van der Waals surface area contributed by atoms with Crippen LogP contribution in [-0.2, 0) is 6.42 Å². The summed E-state index contributed by atoms with van der Waals surface area (Å²) >= 11 is 3.41. The van der Waals surface area contributed by atoms with E-state index in [-0.39, 0.29) is 11.4 Å². The Hall–Kier alpha value is -2.26. The second-order valence-electron chi connectivity index (χ2n) is 4.21. The van der Waals surface area contributed by atoms with Gasteiger partial charge in [0, 0.05) is 22.0 Å². The summed E-state index contributed by atoms with van der Waals surface area (Å²) in [5.74, 6) is 1.20. The minimum atomic E-state index is 0.0966. The van der Waals surface area contributed by atoms with Gasteiger partial charge in [0.2, 0.25) is 5.88 Å². The van der Waals surface area contributed by atoms with Crippen LogP contribution >= 0.6 is 15.9 Å². The number of hydrogen-bond acceptors (Lipinski definition) is 5. The summed E-state index contributed by atoms with van der Waals surface area (Å²) in [6.07, 6.45) is 0.567. The predicted octanol–water partition coefficient (Wildman–Crippen LogP) is 2.58. The van der Waals surface area contributed by atoms with Crippen molar-refractivity contribution in [2.75, 3.05) is 11.5 Å². The number of nitriles is 1. The van der Waals surface area contributed by atoms with Gasteiger partial charge in [-0.2, -0.15) is 10.2 Å². The van der Waals surface area contributed by atoms with Gasteiger partial charge in [0.15, 0.2) is 0 Å². The summed E-state index contributed by atoms with van der Waals surface area (Å²) in [5, 5.41) is 9.04. The molecule has 3 rings (SSSR count). The average molecular weight is 317 g/mol. The first-order chi connectivity index (χ1) is 9.10. The summed E-state index contributed by atoms with van der Waals surface area (Å²) in [5.41, 5.74) is 13.9. The number of halogens is 1. The highest BCUT2D eigenvalue weighted by Crippen LogP contribution is 2.40. The quantitative estimate of drug-likeness (QED) is 0.664. The van der Waals surface area contributed by atoms with Crippen molar-refractivity contribution >= 4 is 27.4 Å². The Morgan fingerprint density at radius 3 is 2.89 bits per heavy atom. The van der Waals surface area contributed by atoms with E-state index in [1.807, 2.05) is 24.3 Å². The van der Waals surface area contributed by atoms with Gasteiger partial charge in [0.25, 0.3) is 0 Å². The van der Waals surface area contributed by atoms with E-state index in [9.17, 15) is 0 Å². The van der Waals surface area contributed by atoms with Gasteiger partial charge < -0.3 is 16.2 Å². The lowest BCUT2D eigenvalue weighted by molar-refractivity contribution is 0.442. The number of aromatic nitrogens is 1. The third-order valence-corrected chi connectivity index (χ3v) is 3.53. The molecule has 0 atom stereocenters. The molecule has 1 aliphatic heterocycles. The molecule has 0 radical (unpaired) electrons. The van der Waals surface area contributed by atoms with Crippen molar-refractivity contribution in [3.05, 3.63) is 39.4 Å². The first-order valence-electron chi connectivity index (χ1n) is 5.54. The van der Waals surface area contributed by atoms with Crippen molar-refractivity contribution < 1.29 is 4.74 Å². The lowest BCUT2D eigenvalue weighted by Crippen LogP contribution is -2.11. The molecule has 0 aliphatic carbocycles. The van der Waals surface area contributed by atoms with Gasteiger partial charge in [-0.15, -0.1) is 0 Å². The number of nitrogens with two attached hydrogens (primary N) is 2. The van der Waals surface area contributed by atoms with E-state index >= 15 is 0 Å². The predicted molar refractivity (Wildman–Crippen MR) is 74.8 cm³/mol. The van der Waals surface area contributed by atoms with Crippen LogP contribution in [-0.4, -0.2) is 4.98 Å². The summed E-state index contributed by atoms with van der Waals surface area (Å²) in [4.78, 5) is 4.11. The summed E-state index contributed by atoms with van der Waals surface area (Å²) in [7, 11) is 0. The van der Waals surface area contributed by atoms with Gasteiger partial charge in [-0.3, -0.25) is 0 Å². The zero-order valence-corrected chi connectivity index (χ0v) is 11.4. The minimum Gasteiger partial charge on any atom is -0.438 e. The van der Waals surface area contributed by atoms with Crippen molar-refractivity contribution in [1.29, 1.82) is 5.26 Å². The van der Waals surface area contributed by atoms with Crippen molar-refractivity contribution in [2.24, 2.45) is 0 Å². The summed E-state index contributed by atoms with van der Waals surface area (Å²) in [6.45, 7) is 0. The van der Waals surface area contributed by atoms with Crippen LogP contribution in [0, 0.1) is 11.3 Å². The van der Waals surface area contributed by atoms with Gasteiger partial charge >= 0.3 is 0 Å². The molecule has 0 unspecified atom stereocenters. The Morgan fingerprint density at radius 1 is 1.37 bits per heavy atom. The van der Waals surface area contributed by atoms with E-state index in [0.29, 0.717) is 23.6 Å². The van der Waals surface area contributed by atoms with Gasteiger partial charge in [-0.05, 0) is 18.2 Å². The first-order valence-corrected chi connectivity index (χ1v) is 6.33. The average Bonchev–Trinajstić information content (AvgIpc) is 2.38. The standard InChI is InChI=1S/C13H9BrN4O/c14-7-1-2-10-6(3-7)4-8-11(16)9(5-15)12(17)18-13(8)19-10/h1-3H,4H2,(H4,16,17,18). The van der Waals surface area contributed by atoms with Crippen molar-refractivity contribution in [1.82, 2.24) is 4.98 Å². The molecule has 0 saturated heterocycles. The van der Waals surface area contributed by atoms with E-state index in [4.69, 9.17) is 21.5 Å². The molecule has 94 valence electrons. The van der Waals surface area contributed by atoms with E-state index < -0.39 is 0 Å². The Morgan fingerprint density at radius 2 is 2.16 bits per heavy atom. The largest absolute Gasteiger partial charge is 0.438 e. The molecule has 0 fully saturated rings. The van der Waals surface area contributed by atoms with E-state index in [2.05, 4.69) is 20.9 Å². The number of hydrogen-bond donors (Lipinski definition) is 2. The highest BCUT2D eigenvalue weighted by Gasteiger charge is 2.24. The van der Waals surface area contributed by atoms with Crippen molar-refractivity contribution in [2.45, 2.75) is 6.42 Å². The monoisotopic (exact) mass is 316 g/mol. The molecule has 5 nitrogen and oxygen atoms in total. The molecule has 4 N–H and O–H groups in total. The maximum atomic E-state index is 9.04. The SMILES string of the molecule is N#Cc1c(N)nc2c(c1N)Cc1cc(Br)ccc1O2. The molecule has 0 amide bonds. The van der Waals surface area contributed by atoms with Gasteiger partial charge in [-0.1, -0.05) is 15.9 Å². The van der Waals surface area contributed by atoms with Crippen molar-refractivity contribution in [3.63, 3.8) is 0 Å². The number of rotatable bonds is 0. The Bertz CT molecular complexity index is 736. The Labute approximate surface area is 117 Å². The molecule has 0 saturated carbocycles. The van der Waals surface area contributed by atoms with Crippen LogP contribution in [0.15, 0.2) is 22.7 Å². The molecule has 1 aliphatic rings. The molecule has 6 heteroatoms. The van der Waals surface area contributed by atoms with Gasteiger partial charge in [0.05, 0.1) is 5.69 Å². The second kappa shape index (κ2) is 4.14. The zero-order chi connectivity index (χ0) is 13.6. The fourth-order valence-corrected chi connectivity index (χ4v) is 2.50. The smallest absolute Gasteiger partial charge is 0.226 e. The molecular formula is C13H9BrN4O. The van der Waals surface area contributed by atoms with E-state index in [1.54, 1.807) is 0 Å². The number of fused-ring (bicyclic) bond motifs is 2. The lowest BCUT2D eigenvalue weighted by atomic mass is 9.99. The molecule has 2 aromatic rings. The fraction of sp³-hybridized carbons (Fsp3) is 0.0769. The van der Waals surface area contributed by atoms with Crippen LogP contribution in [0.5, 0.6) is 11.6 Å². The van der Waals surface area contributed by atoms with Crippen LogP contribution in [0.2, 0.25) is 0 Å². The van der Waals surface area contributed by atoms with E-state index in [0.717, 1.165) is 15.8 Å². The number of nitrogen functional groups attached to an aromatic ring is 2. The van der Waals surface area contributed by atoms with Gasteiger partial charge in [-0.25, -0.2) is 0 Å². The zero-order valence-electron chi connectivity index (χ0n) is 9.77. The van der Waals surface area contributed by atoms with Crippen LogP contribution in [0.3, 0.4) is 0 Å². The number of ether oxygens (including phenoxy) is 1. The molecule has 2 heterocycles. The van der Waals surface area contributed by atoms with Crippen molar-refractivity contribution in [3.8, 4) is 17.7 Å². The lowest BCUT2D eigenvalue weighted by Gasteiger charge is -2.21. The molecule has 0 bridgehead atoms. The summed E-state index contributed by atoms with van der Waals surface area (Å²) in [6, 6.07) is 7.67. The maximum Gasteiger partial charge on any atom is 0.226 e. The second-order valence-corrected chi connectivity index (χ2v) is 5.13. The number of pyridine rings is 1. The number of anilines is 2. The number of benzene rings is 1. The Kier molecular flexibility index (Phi) is 2.57. The minimum absolute atomic E-state index is 0.0966. The van der Waals surface area contributed by atoms with Gasteiger partial charge in [0.1, 0.15) is 23.2 Å². The third-order valence-electron chi connectivity index (χ3n) is 3.04. The van der Waals surface area contributed by atoms with Crippen LogP contribution in [0.1, 0.15) is 16.7 Å². The highest BCUT2D eigenvalue weighted by atomic mass is 79.9. The van der Waals surface area contributed by atoms with Crippen LogP contribution in [0.25, 0.3) is 0 Å². The van der Waals surface area contributed by atoms with Crippen LogP contribution in [0.4, 0.5) is 11.5 Å². The molecule has 1 aromatic heterocycles. The normalized spacial score (nSPS) is 12.0. The molecule has 0 spiro atoms. The topological polar surface area (TPSA) is 98.0 Å². The fourth-order valence-electron chi connectivity index (χ4n) is 2.09. The highest BCUT2D eigenvalue weighted by molar-refractivity contribution is 9.10. The molecule has 1 aromatic carbocycles.